The largest absolute Gasteiger partial charge is 0.494 e. The van der Waals surface area contributed by atoms with Crippen molar-refractivity contribution >= 4 is 29.7 Å². The van der Waals surface area contributed by atoms with E-state index in [1.807, 2.05) is 13.8 Å². The maximum Gasteiger partial charge on any atom is 0.343 e. The van der Waals surface area contributed by atoms with Gasteiger partial charge in [-0.25, -0.2) is 10.2 Å². The number of nitrogens with zero attached hydrogens (tertiary/aromatic N) is 1. The second-order valence-electron chi connectivity index (χ2n) is 6.69. The molecule has 0 atom stereocenters. The number of hydrogen-bond donors (Lipinski definition) is 1. The first-order valence-electron chi connectivity index (χ1n) is 10.3. The first kappa shape index (κ1) is 23.8. The summed E-state index contributed by atoms with van der Waals surface area (Å²) in [6.45, 7) is 4.64. The fourth-order valence-corrected chi connectivity index (χ4v) is 2.93. The zero-order valence-corrected chi connectivity index (χ0v) is 19.0. The van der Waals surface area contributed by atoms with Crippen LogP contribution in [0.3, 0.4) is 0 Å². The van der Waals surface area contributed by atoms with Crippen LogP contribution in [-0.4, -0.2) is 31.3 Å². The third-order valence-electron chi connectivity index (χ3n) is 4.36. The van der Waals surface area contributed by atoms with Gasteiger partial charge in [0.1, 0.15) is 5.75 Å². The maximum atomic E-state index is 12.4. The van der Waals surface area contributed by atoms with Gasteiger partial charge in [-0.2, -0.15) is 5.10 Å². The van der Waals surface area contributed by atoms with Gasteiger partial charge >= 0.3 is 5.97 Å². The number of amides is 1. The molecule has 1 amide bonds. The van der Waals surface area contributed by atoms with Crippen molar-refractivity contribution in [1.82, 2.24) is 5.43 Å². The van der Waals surface area contributed by atoms with Crippen LogP contribution in [0.5, 0.6) is 17.2 Å². The van der Waals surface area contributed by atoms with Crippen molar-refractivity contribution in [3.8, 4) is 17.2 Å². The number of rotatable bonds is 9. The molecular weight excluding hydrogens is 444 g/mol. The predicted octanol–water partition coefficient (Wildman–Crippen LogP) is 5.12. The summed E-state index contributed by atoms with van der Waals surface area (Å²) in [4.78, 5) is 24.7. The van der Waals surface area contributed by atoms with Gasteiger partial charge in [0, 0.05) is 10.6 Å². The van der Waals surface area contributed by atoms with E-state index in [0.29, 0.717) is 46.4 Å². The molecule has 3 rings (SSSR count). The van der Waals surface area contributed by atoms with E-state index < -0.39 is 5.97 Å². The lowest BCUT2D eigenvalue weighted by Crippen LogP contribution is -2.17. The van der Waals surface area contributed by atoms with Crippen LogP contribution in [0.1, 0.15) is 40.1 Å². The molecule has 1 N–H and O–H groups in total. The molecule has 0 saturated heterocycles. The van der Waals surface area contributed by atoms with Crippen LogP contribution in [0.15, 0.2) is 71.8 Å². The van der Waals surface area contributed by atoms with Crippen molar-refractivity contribution in [3.63, 3.8) is 0 Å². The van der Waals surface area contributed by atoms with Gasteiger partial charge in [-0.3, -0.25) is 4.79 Å². The Morgan fingerprint density at radius 1 is 0.879 bits per heavy atom. The molecule has 0 spiro atoms. The third kappa shape index (κ3) is 6.82. The highest BCUT2D eigenvalue weighted by Gasteiger charge is 2.13. The summed E-state index contributed by atoms with van der Waals surface area (Å²) in [7, 11) is 0. The molecule has 0 heterocycles. The highest BCUT2D eigenvalue weighted by atomic mass is 35.5. The summed E-state index contributed by atoms with van der Waals surface area (Å²) in [6.07, 6.45) is 1.47. The molecular formula is C25H23ClN2O5. The molecule has 0 bridgehead atoms. The van der Waals surface area contributed by atoms with Crippen LogP contribution in [0.2, 0.25) is 5.02 Å². The second kappa shape index (κ2) is 11.7. The fraction of sp³-hybridized carbons (Fsp3) is 0.160. The van der Waals surface area contributed by atoms with Gasteiger partial charge in [0.05, 0.1) is 25.0 Å². The van der Waals surface area contributed by atoms with Crippen LogP contribution in [-0.2, 0) is 0 Å². The van der Waals surface area contributed by atoms with Gasteiger partial charge in [-0.05, 0) is 86.1 Å². The zero-order chi connectivity index (χ0) is 23.6. The molecule has 0 aromatic heterocycles. The van der Waals surface area contributed by atoms with E-state index in [0.717, 1.165) is 0 Å². The third-order valence-corrected chi connectivity index (χ3v) is 4.61. The summed E-state index contributed by atoms with van der Waals surface area (Å²) in [6, 6.07) is 18.1. The Kier molecular flexibility index (Phi) is 8.43. The molecule has 170 valence electrons. The molecule has 0 fully saturated rings. The standard InChI is InChI=1S/C25H23ClN2O5/c1-3-31-21-12-8-18(9-13-21)24(29)28-27-16-17-5-14-22(23(15-17)32-4-2)33-25(30)19-6-10-20(26)11-7-19/h5-16H,3-4H2,1-2H3,(H,28,29)/b27-16-. The molecule has 0 radical (unpaired) electrons. The predicted molar refractivity (Wildman–Crippen MR) is 127 cm³/mol. The SMILES string of the molecule is CCOc1ccc(C(=O)N/N=C\c2ccc(OC(=O)c3ccc(Cl)cc3)c(OCC)c2)cc1. The number of carbonyl (C=O) groups excluding carboxylic acids is 2. The van der Waals surface area contributed by atoms with Crippen molar-refractivity contribution < 1.29 is 23.8 Å². The highest BCUT2D eigenvalue weighted by molar-refractivity contribution is 6.30. The molecule has 0 aliphatic heterocycles. The Balaban J connectivity index is 1.66. The van der Waals surface area contributed by atoms with E-state index in [2.05, 4.69) is 10.5 Å². The van der Waals surface area contributed by atoms with Crippen LogP contribution in [0, 0.1) is 0 Å². The number of hydrogen-bond acceptors (Lipinski definition) is 6. The topological polar surface area (TPSA) is 86.2 Å². The number of hydrazone groups is 1. The molecule has 33 heavy (non-hydrogen) atoms. The van der Waals surface area contributed by atoms with Gasteiger partial charge in [0.2, 0.25) is 0 Å². The summed E-state index contributed by atoms with van der Waals surface area (Å²) >= 11 is 5.86. The minimum Gasteiger partial charge on any atom is -0.494 e. The van der Waals surface area contributed by atoms with Crippen LogP contribution < -0.4 is 19.6 Å². The summed E-state index contributed by atoms with van der Waals surface area (Å²) in [5.74, 6) is 0.455. The summed E-state index contributed by atoms with van der Waals surface area (Å²) in [5, 5.41) is 4.52. The quantitative estimate of drug-likeness (QED) is 0.205. The fourth-order valence-electron chi connectivity index (χ4n) is 2.80. The molecule has 8 heteroatoms. The van der Waals surface area contributed by atoms with Gasteiger partial charge in [-0.15, -0.1) is 0 Å². The molecule has 0 aliphatic rings. The maximum absolute atomic E-state index is 12.4. The van der Waals surface area contributed by atoms with Crippen molar-refractivity contribution in [2.75, 3.05) is 13.2 Å². The Hall–Kier alpha value is -3.84. The number of esters is 1. The molecule has 3 aromatic carbocycles. The highest BCUT2D eigenvalue weighted by Crippen LogP contribution is 2.29. The minimum absolute atomic E-state index is 0.271. The normalized spacial score (nSPS) is 10.6. The minimum atomic E-state index is -0.531. The number of ether oxygens (including phenoxy) is 3. The lowest BCUT2D eigenvalue weighted by Gasteiger charge is -2.11. The van der Waals surface area contributed by atoms with E-state index in [-0.39, 0.29) is 11.7 Å². The monoisotopic (exact) mass is 466 g/mol. The van der Waals surface area contributed by atoms with E-state index in [9.17, 15) is 9.59 Å². The molecule has 7 nitrogen and oxygen atoms in total. The Bertz CT molecular complexity index is 1130. The molecule has 0 saturated carbocycles. The van der Waals surface area contributed by atoms with E-state index in [1.165, 1.54) is 6.21 Å². The zero-order valence-electron chi connectivity index (χ0n) is 18.2. The Morgan fingerprint density at radius 2 is 1.55 bits per heavy atom. The van der Waals surface area contributed by atoms with Gasteiger partial charge in [0.25, 0.3) is 5.91 Å². The van der Waals surface area contributed by atoms with Gasteiger partial charge in [0.15, 0.2) is 11.5 Å². The van der Waals surface area contributed by atoms with Crippen molar-refractivity contribution in [3.05, 3.63) is 88.4 Å². The number of carbonyl (C=O) groups is 2. The van der Waals surface area contributed by atoms with Crippen LogP contribution in [0.25, 0.3) is 0 Å². The molecule has 0 unspecified atom stereocenters. The van der Waals surface area contributed by atoms with E-state index in [4.69, 9.17) is 25.8 Å². The van der Waals surface area contributed by atoms with Crippen LogP contribution >= 0.6 is 11.6 Å². The number of benzene rings is 3. The van der Waals surface area contributed by atoms with Gasteiger partial charge < -0.3 is 14.2 Å². The lowest BCUT2D eigenvalue weighted by atomic mass is 10.2. The van der Waals surface area contributed by atoms with Crippen molar-refractivity contribution in [1.29, 1.82) is 0 Å². The Morgan fingerprint density at radius 3 is 2.21 bits per heavy atom. The first-order chi connectivity index (χ1) is 16.0. The molecule has 3 aromatic rings. The first-order valence-corrected chi connectivity index (χ1v) is 10.7. The average molecular weight is 467 g/mol. The number of nitrogens with one attached hydrogen (secondary N) is 1. The molecule has 0 aliphatic carbocycles. The lowest BCUT2D eigenvalue weighted by molar-refractivity contribution is 0.0728. The van der Waals surface area contributed by atoms with E-state index >= 15 is 0 Å². The van der Waals surface area contributed by atoms with Crippen molar-refractivity contribution in [2.45, 2.75) is 13.8 Å². The van der Waals surface area contributed by atoms with Crippen LogP contribution in [0.4, 0.5) is 0 Å². The smallest absolute Gasteiger partial charge is 0.343 e. The van der Waals surface area contributed by atoms with E-state index in [1.54, 1.807) is 66.7 Å². The summed E-state index contributed by atoms with van der Waals surface area (Å²) in [5.41, 5.74) is 3.94. The van der Waals surface area contributed by atoms with Gasteiger partial charge in [-0.1, -0.05) is 11.6 Å². The summed E-state index contributed by atoms with van der Waals surface area (Å²) < 4.78 is 16.4. The average Bonchev–Trinajstić information content (AvgIpc) is 2.82. The van der Waals surface area contributed by atoms with Crippen molar-refractivity contribution in [2.24, 2.45) is 5.10 Å². The Labute approximate surface area is 196 Å². The second-order valence-corrected chi connectivity index (χ2v) is 7.13. The number of halogens is 1.